The Morgan fingerprint density at radius 3 is 2.76 bits per heavy atom. The molecule has 0 saturated carbocycles. The zero-order valence-corrected chi connectivity index (χ0v) is 13.1. The van der Waals surface area contributed by atoms with Crippen molar-refractivity contribution in [3.05, 3.63) is 41.9 Å². The van der Waals surface area contributed by atoms with Gasteiger partial charge in [-0.05, 0) is 37.1 Å². The van der Waals surface area contributed by atoms with Crippen LogP contribution in [0.3, 0.4) is 0 Å². The number of ether oxygens (including phenoxy) is 1. The molecule has 0 spiro atoms. The van der Waals surface area contributed by atoms with E-state index in [1.165, 1.54) is 10.9 Å². The minimum absolute atomic E-state index is 0. The van der Waals surface area contributed by atoms with Crippen molar-refractivity contribution >= 4 is 10.9 Å². The fourth-order valence-corrected chi connectivity index (χ4v) is 2.32. The molecule has 0 unspecified atom stereocenters. The van der Waals surface area contributed by atoms with Gasteiger partial charge in [0.05, 0.1) is 13.3 Å². The van der Waals surface area contributed by atoms with Gasteiger partial charge in [-0.25, -0.2) is 0 Å². The van der Waals surface area contributed by atoms with E-state index in [0.29, 0.717) is 0 Å². The van der Waals surface area contributed by atoms with Gasteiger partial charge in [-0.15, -0.1) is 5.10 Å². The van der Waals surface area contributed by atoms with Crippen molar-refractivity contribution in [2.45, 2.75) is 33.7 Å². The Hall–Kier alpha value is -2.30. The maximum Gasteiger partial charge on any atom is 0.122 e. The van der Waals surface area contributed by atoms with Crippen LogP contribution in [0.5, 0.6) is 5.75 Å². The van der Waals surface area contributed by atoms with E-state index in [4.69, 9.17) is 4.74 Å². The van der Waals surface area contributed by atoms with Crippen molar-refractivity contribution in [1.29, 1.82) is 0 Å². The Balaban J connectivity index is 0.000000775. The van der Waals surface area contributed by atoms with Gasteiger partial charge >= 0.3 is 0 Å². The summed E-state index contributed by atoms with van der Waals surface area (Å²) in [6.07, 6.45) is 4.42. The summed E-state index contributed by atoms with van der Waals surface area (Å²) in [7, 11) is 1.71. The normalized spacial score (nSPS) is 10.3. The second-order valence-corrected chi connectivity index (χ2v) is 4.62. The van der Waals surface area contributed by atoms with Gasteiger partial charge in [0.2, 0.25) is 0 Å². The molecule has 0 aliphatic heterocycles. The fourth-order valence-electron chi connectivity index (χ4n) is 2.32. The molecular formula is C16H24N4O. The average Bonchev–Trinajstić information content (AvgIpc) is 3.13. The number of aromatic amines is 1. The molecule has 0 bridgehead atoms. The predicted molar refractivity (Wildman–Crippen MR) is 86.8 cm³/mol. The van der Waals surface area contributed by atoms with E-state index in [2.05, 4.69) is 40.4 Å². The first kappa shape index (κ1) is 15.1. The largest absolute Gasteiger partial charge is 0.496 e. The molecule has 0 atom stereocenters. The number of methoxy groups -OCH3 is 1. The molecule has 0 aliphatic rings. The van der Waals surface area contributed by atoms with Crippen LogP contribution in [0.1, 0.15) is 26.5 Å². The highest BCUT2D eigenvalue weighted by atomic mass is 16.5. The second-order valence-electron chi connectivity index (χ2n) is 4.62. The maximum atomic E-state index is 5.47. The topological polar surface area (TPSA) is 55.7 Å². The van der Waals surface area contributed by atoms with Crippen LogP contribution in [0, 0.1) is 6.92 Å². The zero-order valence-electron chi connectivity index (χ0n) is 13.1. The Bertz CT molecular complexity index is 692. The van der Waals surface area contributed by atoms with Gasteiger partial charge in [0.25, 0.3) is 0 Å². The molecule has 2 aromatic heterocycles. The number of hydrogen-bond donors (Lipinski definition) is 1. The summed E-state index contributed by atoms with van der Waals surface area (Å²) in [5.74, 6) is 0.923. The molecule has 5 heteroatoms. The van der Waals surface area contributed by atoms with Crippen molar-refractivity contribution in [2.75, 3.05) is 7.11 Å². The first-order valence-corrected chi connectivity index (χ1v) is 7.26. The molecule has 0 radical (unpaired) electrons. The van der Waals surface area contributed by atoms with Crippen LogP contribution in [0.25, 0.3) is 10.9 Å². The maximum absolute atomic E-state index is 5.47. The Morgan fingerprint density at radius 2 is 2.10 bits per heavy atom. The highest BCUT2D eigenvalue weighted by Crippen LogP contribution is 2.27. The standard InChI is InChI=1S/C14H16N4O.C2H6.H2/c1-10-7-12-9-14(19-2)11(8-13(12)16-10)3-5-18-6-4-15-17-18;1-2;/h4,6-9,16H,3,5H2,1-2H3;1-2H3;1H. The summed E-state index contributed by atoms with van der Waals surface area (Å²) in [5.41, 5.74) is 3.48. The average molecular weight is 288 g/mol. The van der Waals surface area contributed by atoms with Crippen molar-refractivity contribution in [3.8, 4) is 5.75 Å². The van der Waals surface area contributed by atoms with E-state index >= 15 is 0 Å². The number of benzene rings is 1. The van der Waals surface area contributed by atoms with Gasteiger partial charge in [-0.2, -0.15) is 0 Å². The van der Waals surface area contributed by atoms with Gasteiger partial charge in [0, 0.05) is 30.8 Å². The number of nitrogens with one attached hydrogen (secondary N) is 1. The molecule has 2 heterocycles. The van der Waals surface area contributed by atoms with Crippen LogP contribution < -0.4 is 4.74 Å². The molecule has 0 aliphatic carbocycles. The Kier molecular flexibility index (Phi) is 4.98. The number of rotatable bonds is 4. The van der Waals surface area contributed by atoms with Crippen molar-refractivity contribution < 1.29 is 6.16 Å². The van der Waals surface area contributed by atoms with Crippen LogP contribution >= 0.6 is 0 Å². The lowest BCUT2D eigenvalue weighted by molar-refractivity contribution is 0.408. The number of fused-ring (bicyclic) bond motifs is 1. The van der Waals surface area contributed by atoms with E-state index < -0.39 is 0 Å². The molecule has 5 nitrogen and oxygen atoms in total. The molecule has 3 aromatic rings. The Labute approximate surface area is 126 Å². The lowest BCUT2D eigenvalue weighted by Gasteiger charge is -2.08. The molecule has 0 amide bonds. The van der Waals surface area contributed by atoms with Crippen molar-refractivity contribution in [1.82, 2.24) is 20.0 Å². The minimum atomic E-state index is 0. The molecule has 0 saturated heterocycles. The van der Waals surface area contributed by atoms with Gasteiger partial charge in [-0.1, -0.05) is 19.1 Å². The van der Waals surface area contributed by atoms with E-state index in [1.54, 1.807) is 13.3 Å². The van der Waals surface area contributed by atoms with E-state index in [-0.39, 0.29) is 1.43 Å². The summed E-state index contributed by atoms with van der Waals surface area (Å²) in [4.78, 5) is 3.35. The van der Waals surface area contributed by atoms with Crippen LogP contribution in [0.4, 0.5) is 0 Å². The molecule has 21 heavy (non-hydrogen) atoms. The second kappa shape index (κ2) is 6.92. The van der Waals surface area contributed by atoms with Crippen LogP contribution in [0.15, 0.2) is 30.6 Å². The third-order valence-electron chi connectivity index (χ3n) is 3.24. The number of nitrogens with zero attached hydrogens (tertiary/aromatic N) is 3. The number of H-pyrrole nitrogens is 1. The number of aryl methyl sites for hydroxylation is 3. The molecule has 114 valence electrons. The highest BCUT2D eigenvalue weighted by Gasteiger charge is 2.07. The highest BCUT2D eigenvalue weighted by molar-refractivity contribution is 5.83. The van der Waals surface area contributed by atoms with E-state index in [0.717, 1.165) is 29.9 Å². The molecule has 1 aromatic carbocycles. The summed E-state index contributed by atoms with van der Waals surface area (Å²) in [6.45, 7) is 6.85. The molecular weight excluding hydrogens is 264 g/mol. The van der Waals surface area contributed by atoms with Gasteiger partial charge in [0.15, 0.2) is 0 Å². The zero-order chi connectivity index (χ0) is 15.2. The third kappa shape index (κ3) is 3.42. The number of aromatic nitrogens is 4. The minimum Gasteiger partial charge on any atom is -0.496 e. The van der Waals surface area contributed by atoms with Crippen LogP contribution in [-0.4, -0.2) is 27.1 Å². The first-order valence-electron chi connectivity index (χ1n) is 7.26. The van der Waals surface area contributed by atoms with Crippen LogP contribution in [0.2, 0.25) is 0 Å². The van der Waals surface area contributed by atoms with E-state index in [9.17, 15) is 0 Å². The third-order valence-corrected chi connectivity index (χ3v) is 3.24. The van der Waals surface area contributed by atoms with Gasteiger partial charge < -0.3 is 9.72 Å². The lowest BCUT2D eigenvalue weighted by Crippen LogP contribution is -2.03. The predicted octanol–water partition coefficient (Wildman–Crippen LogP) is 3.59. The molecule has 3 rings (SSSR count). The van der Waals surface area contributed by atoms with Crippen molar-refractivity contribution in [2.24, 2.45) is 0 Å². The summed E-state index contributed by atoms with van der Waals surface area (Å²) in [6, 6.07) is 6.35. The summed E-state index contributed by atoms with van der Waals surface area (Å²) >= 11 is 0. The fraction of sp³-hybridized carbons (Fsp3) is 0.375. The summed E-state index contributed by atoms with van der Waals surface area (Å²) < 4.78 is 7.30. The van der Waals surface area contributed by atoms with Gasteiger partial charge in [0.1, 0.15) is 5.75 Å². The SMILES string of the molecule is CC.COc1cc2cc(C)[nH]c2cc1CCn1ccnn1.[HH]. The quantitative estimate of drug-likeness (QED) is 0.798. The van der Waals surface area contributed by atoms with Crippen molar-refractivity contribution in [3.63, 3.8) is 0 Å². The molecule has 1 N–H and O–H groups in total. The first-order chi connectivity index (χ1) is 10.3. The van der Waals surface area contributed by atoms with E-state index in [1.807, 2.05) is 24.7 Å². The van der Waals surface area contributed by atoms with Gasteiger partial charge in [-0.3, -0.25) is 4.68 Å². The van der Waals surface area contributed by atoms with Crippen LogP contribution in [-0.2, 0) is 13.0 Å². The molecule has 0 fully saturated rings. The lowest BCUT2D eigenvalue weighted by atomic mass is 10.1. The smallest absolute Gasteiger partial charge is 0.122 e. The Morgan fingerprint density at radius 1 is 1.29 bits per heavy atom. The monoisotopic (exact) mass is 288 g/mol. The summed E-state index contributed by atoms with van der Waals surface area (Å²) in [5, 5.41) is 8.96. The number of hydrogen-bond acceptors (Lipinski definition) is 3.